The van der Waals surface area contributed by atoms with E-state index < -0.39 is 11.9 Å². The summed E-state index contributed by atoms with van der Waals surface area (Å²) in [7, 11) is 1.56. The van der Waals surface area contributed by atoms with E-state index in [9.17, 15) is 9.50 Å². The number of benzene rings is 2. The average Bonchev–Trinajstić information content (AvgIpc) is 2.41. The maximum Gasteiger partial charge on any atom is 0.123 e. The molecule has 0 amide bonds. The highest BCUT2D eigenvalue weighted by Gasteiger charge is 2.16. The second-order valence-corrected chi connectivity index (χ2v) is 4.70. The number of ether oxygens (including phenoxy) is 1. The first kappa shape index (κ1) is 13.8. The number of aryl methyl sites for hydroxylation is 1. The third-order valence-electron chi connectivity index (χ3n) is 3.00. The molecule has 0 radical (unpaired) electrons. The van der Waals surface area contributed by atoms with Gasteiger partial charge in [-0.2, -0.15) is 0 Å². The van der Waals surface area contributed by atoms with Crippen LogP contribution in [-0.2, 0) is 0 Å². The highest BCUT2D eigenvalue weighted by Crippen LogP contribution is 2.31. The van der Waals surface area contributed by atoms with Crippen LogP contribution >= 0.6 is 11.6 Å². The van der Waals surface area contributed by atoms with Gasteiger partial charge in [0.05, 0.1) is 7.11 Å². The van der Waals surface area contributed by atoms with Crippen LogP contribution in [0.25, 0.3) is 0 Å². The average molecular weight is 281 g/mol. The summed E-state index contributed by atoms with van der Waals surface area (Å²) in [4.78, 5) is 0. The van der Waals surface area contributed by atoms with Crippen molar-refractivity contribution in [3.63, 3.8) is 0 Å². The summed E-state index contributed by atoms with van der Waals surface area (Å²) in [6.07, 6.45) is -0.988. The van der Waals surface area contributed by atoms with Crippen molar-refractivity contribution in [3.8, 4) is 5.75 Å². The molecule has 0 spiro atoms. The summed E-state index contributed by atoms with van der Waals surface area (Å²) >= 11 is 5.99. The monoisotopic (exact) mass is 280 g/mol. The second-order valence-electron chi connectivity index (χ2n) is 4.30. The van der Waals surface area contributed by atoms with Gasteiger partial charge in [-0.15, -0.1) is 0 Å². The number of aliphatic hydroxyl groups excluding tert-OH is 1. The Kier molecular flexibility index (Phi) is 4.08. The first-order valence-corrected chi connectivity index (χ1v) is 6.18. The zero-order chi connectivity index (χ0) is 14.0. The highest BCUT2D eigenvalue weighted by atomic mass is 35.5. The molecule has 0 aliphatic rings. The predicted octanol–water partition coefficient (Wildman–Crippen LogP) is 3.88. The maximum atomic E-state index is 13.2. The van der Waals surface area contributed by atoms with Crippen molar-refractivity contribution in [2.75, 3.05) is 7.11 Å². The molecule has 0 aliphatic heterocycles. The third kappa shape index (κ3) is 2.88. The van der Waals surface area contributed by atoms with Crippen LogP contribution in [0.15, 0.2) is 36.4 Å². The molecule has 2 aromatic carbocycles. The van der Waals surface area contributed by atoms with E-state index >= 15 is 0 Å². The fraction of sp³-hybridized carbons (Fsp3) is 0.200. The molecule has 0 saturated carbocycles. The van der Waals surface area contributed by atoms with E-state index in [0.29, 0.717) is 21.9 Å². The molecule has 2 aromatic rings. The van der Waals surface area contributed by atoms with Crippen molar-refractivity contribution in [2.45, 2.75) is 13.0 Å². The number of aliphatic hydroxyl groups is 1. The molecule has 0 aromatic heterocycles. The fourth-order valence-corrected chi connectivity index (χ4v) is 2.13. The lowest BCUT2D eigenvalue weighted by Crippen LogP contribution is -2.02. The first-order chi connectivity index (χ1) is 9.02. The molecule has 2 rings (SSSR count). The quantitative estimate of drug-likeness (QED) is 0.924. The van der Waals surface area contributed by atoms with Crippen LogP contribution in [0.4, 0.5) is 4.39 Å². The van der Waals surface area contributed by atoms with E-state index in [1.807, 2.05) is 13.0 Å². The van der Waals surface area contributed by atoms with Gasteiger partial charge in [0, 0.05) is 10.6 Å². The molecule has 2 nitrogen and oxygen atoms in total. The number of methoxy groups -OCH3 is 1. The van der Waals surface area contributed by atoms with Crippen LogP contribution in [0.1, 0.15) is 22.8 Å². The van der Waals surface area contributed by atoms with Gasteiger partial charge in [-0.3, -0.25) is 0 Å². The van der Waals surface area contributed by atoms with Crippen LogP contribution < -0.4 is 4.74 Å². The van der Waals surface area contributed by atoms with Crippen LogP contribution in [0.5, 0.6) is 5.75 Å². The Bertz CT molecular complexity index is 599. The summed E-state index contributed by atoms with van der Waals surface area (Å²) in [5, 5.41) is 10.6. The van der Waals surface area contributed by atoms with Crippen molar-refractivity contribution in [2.24, 2.45) is 0 Å². The van der Waals surface area contributed by atoms with Crippen molar-refractivity contribution in [3.05, 3.63) is 63.9 Å². The van der Waals surface area contributed by atoms with Crippen LogP contribution in [0.2, 0.25) is 5.02 Å². The smallest absolute Gasteiger partial charge is 0.123 e. The van der Waals surface area contributed by atoms with Gasteiger partial charge in [-0.25, -0.2) is 4.39 Å². The van der Waals surface area contributed by atoms with Crippen LogP contribution in [-0.4, -0.2) is 12.2 Å². The van der Waals surface area contributed by atoms with Crippen molar-refractivity contribution in [1.29, 1.82) is 0 Å². The highest BCUT2D eigenvalue weighted by molar-refractivity contribution is 6.31. The number of hydrogen-bond donors (Lipinski definition) is 1. The predicted molar refractivity (Wildman–Crippen MR) is 73.2 cm³/mol. The summed E-state index contributed by atoms with van der Waals surface area (Å²) in [5.41, 5.74) is 1.91. The molecule has 100 valence electrons. The summed E-state index contributed by atoms with van der Waals surface area (Å²) in [6.45, 7) is 1.91. The van der Waals surface area contributed by atoms with E-state index in [1.54, 1.807) is 19.2 Å². The van der Waals surface area contributed by atoms with E-state index in [4.69, 9.17) is 16.3 Å². The minimum absolute atomic E-state index is 0.327. The van der Waals surface area contributed by atoms with E-state index in [2.05, 4.69) is 0 Å². The SMILES string of the molecule is COc1cc(C(O)c2cc(F)ccc2Cl)ccc1C. The second kappa shape index (κ2) is 5.59. The first-order valence-electron chi connectivity index (χ1n) is 5.80. The Labute approximate surface area is 116 Å². The lowest BCUT2D eigenvalue weighted by atomic mass is 10.00. The molecule has 1 N–H and O–H groups in total. The molecule has 0 bridgehead atoms. The number of hydrogen-bond acceptors (Lipinski definition) is 2. The van der Waals surface area contributed by atoms with Gasteiger partial charge in [0.15, 0.2) is 0 Å². The van der Waals surface area contributed by atoms with Gasteiger partial charge in [0.1, 0.15) is 17.7 Å². The lowest BCUT2D eigenvalue weighted by Gasteiger charge is -2.15. The van der Waals surface area contributed by atoms with Gasteiger partial charge < -0.3 is 9.84 Å². The van der Waals surface area contributed by atoms with Gasteiger partial charge >= 0.3 is 0 Å². The van der Waals surface area contributed by atoms with Gasteiger partial charge in [0.25, 0.3) is 0 Å². The largest absolute Gasteiger partial charge is 0.496 e. The molecule has 0 heterocycles. The van der Waals surface area contributed by atoms with E-state index in [0.717, 1.165) is 5.56 Å². The van der Waals surface area contributed by atoms with E-state index in [-0.39, 0.29) is 0 Å². The van der Waals surface area contributed by atoms with Crippen LogP contribution in [0, 0.1) is 12.7 Å². The number of rotatable bonds is 3. The molecular formula is C15H14ClFO2. The summed E-state index contributed by atoms with van der Waals surface area (Å²) in [5.74, 6) is 0.238. The van der Waals surface area contributed by atoms with Gasteiger partial charge in [-0.05, 0) is 42.3 Å². The van der Waals surface area contributed by atoms with Gasteiger partial charge in [0.2, 0.25) is 0 Å². The zero-order valence-electron chi connectivity index (χ0n) is 10.7. The van der Waals surface area contributed by atoms with Crippen LogP contribution in [0.3, 0.4) is 0 Å². The zero-order valence-corrected chi connectivity index (χ0v) is 11.4. The number of halogens is 2. The molecule has 0 aliphatic carbocycles. The Morgan fingerprint density at radius 2 is 1.95 bits per heavy atom. The van der Waals surface area contributed by atoms with Crippen molar-refractivity contribution < 1.29 is 14.2 Å². The maximum absolute atomic E-state index is 13.2. The molecule has 19 heavy (non-hydrogen) atoms. The molecule has 0 saturated heterocycles. The lowest BCUT2D eigenvalue weighted by molar-refractivity contribution is 0.219. The molecule has 0 fully saturated rings. The molecular weight excluding hydrogens is 267 g/mol. The van der Waals surface area contributed by atoms with Crippen molar-refractivity contribution in [1.82, 2.24) is 0 Å². The Hall–Kier alpha value is -1.58. The van der Waals surface area contributed by atoms with Gasteiger partial charge in [-0.1, -0.05) is 23.7 Å². The summed E-state index contributed by atoms with van der Waals surface area (Å²) < 4.78 is 18.4. The Morgan fingerprint density at radius 3 is 2.63 bits per heavy atom. The topological polar surface area (TPSA) is 29.5 Å². The minimum Gasteiger partial charge on any atom is -0.496 e. The molecule has 1 atom stereocenters. The molecule has 1 unspecified atom stereocenters. The van der Waals surface area contributed by atoms with E-state index in [1.165, 1.54) is 18.2 Å². The standard InChI is InChI=1S/C15H14ClFO2/c1-9-3-4-10(7-14(9)19-2)15(18)12-8-11(17)5-6-13(12)16/h3-8,15,18H,1-2H3. The minimum atomic E-state index is -0.988. The van der Waals surface area contributed by atoms with Crippen molar-refractivity contribution >= 4 is 11.6 Å². The molecule has 4 heteroatoms. The fourth-order valence-electron chi connectivity index (χ4n) is 1.91. The Morgan fingerprint density at radius 1 is 1.21 bits per heavy atom. The normalized spacial score (nSPS) is 12.3. The summed E-state index contributed by atoms with van der Waals surface area (Å²) in [6, 6.07) is 9.25. The third-order valence-corrected chi connectivity index (χ3v) is 3.34. The Balaban J connectivity index is 2.43.